The van der Waals surface area contributed by atoms with Crippen LogP contribution in [0.3, 0.4) is 0 Å². The van der Waals surface area contributed by atoms with Gasteiger partial charge in [-0.3, -0.25) is 9.78 Å². The van der Waals surface area contributed by atoms with E-state index in [1.807, 2.05) is 12.1 Å². The molecule has 0 unspecified atom stereocenters. The molecule has 2 amide bonds. The Morgan fingerprint density at radius 2 is 1.71 bits per heavy atom. The molecule has 0 spiro atoms. The highest BCUT2D eigenvalue weighted by molar-refractivity contribution is 7.98. The van der Waals surface area contributed by atoms with Gasteiger partial charge in [-0.25, -0.2) is 4.79 Å². The van der Waals surface area contributed by atoms with Crippen LogP contribution in [0, 0.1) is 19.8 Å². The van der Waals surface area contributed by atoms with Crippen molar-refractivity contribution < 1.29 is 14.3 Å². The van der Waals surface area contributed by atoms with Crippen molar-refractivity contribution in [2.24, 2.45) is 11.7 Å². The van der Waals surface area contributed by atoms with Crippen molar-refractivity contribution in [1.29, 1.82) is 0 Å². The molecule has 0 atom stereocenters. The first kappa shape index (κ1) is 29.2. The molecule has 6 nitrogen and oxygen atoms in total. The Morgan fingerprint density at radius 3 is 2.32 bits per heavy atom. The van der Waals surface area contributed by atoms with Crippen LogP contribution in [0.25, 0.3) is 11.1 Å². The molecule has 1 heterocycles. The van der Waals surface area contributed by atoms with Gasteiger partial charge < -0.3 is 15.8 Å². The molecule has 0 aliphatic rings. The number of alkyl carbamates (subject to hydrolysis) is 1. The van der Waals surface area contributed by atoms with Gasteiger partial charge in [-0.1, -0.05) is 57.0 Å². The quantitative estimate of drug-likeness (QED) is 0.193. The van der Waals surface area contributed by atoms with E-state index in [1.165, 1.54) is 5.56 Å². The van der Waals surface area contributed by atoms with Gasteiger partial charge in [0.2, 0.25) is 5.91 Å². The second-order valence-electron chi connectivity index (χ2n) is 9.96. The first-order valence-electron chi connectivity index (χ1n) is 13.2. The number of hydrogen-bond acceptors (Lipinski definition) is 5. The number of nitrogens with zero attached hydrogens (tertiary/aromatic N) is 1. The van der Waals surface area contributed by atoms with E-state index >= 15 is 0 Å². The summed E-state index contributed by atoms with van der Waals surface area (Å²) in [5, 5.41) is 2.98. The second-order valence-corrected chi connectivity index (χ2v) is 11.0. The van der Waals surface area contributed by atoms with Gasteiger partial charge in [0.15, 0.2) is 0 Å². The van der Waals surface area contributed by atoms with Crippen molar-refractivity contribution in [3.63, 3.8) is 0 Å². The summed E-state index contributed by atoms with van der Waals surface area (Å²) in [4.78, 5) is 30.0. The second kappa shape index (κ2) is 14.0. The fourth-order valence-electron chi connectivity index (χ4n) is 4.23. The van der Waals surface area contributed by atoms with E-state index in [4.69, 9.17) is 15.5 Å². The SMILES string of the molecule is CCCCOC(=O)NCc1c(CC(C)C)nc(C)c(CSc2ccc(C(N)=O)cc2)c1-c1ccc(C)cc1. The number of hydrogen-bond donors (Lipinski definition) is 2. The van der Waals surface area contributed by atoms with Gasteiger partial charge in [0.1, 0.15) is 0 Å². The number of amides is 2. The van der Waals surface area contributed by atoms with Gasteiger partial charge in [0, 0.05) is 39.7 Å². The monoisotopic (exact) mass is 533 g/mol. The Hall–Kier alpha value is -3.32. The van der Waals surface area contributed by atoms with E-state index in [0.29, 0.717) is 30.4 Å². The predicted octanol–water partition coefficient (Wildman–Crippen LogP) is 6.98. The summed E-state index contributed by atoms with van der Waals surface area (Å²) in [7, 11) is 0. The molecule has 0 saturated carbocycles. The molecule has 2 aromatic carbocycles. The average molecular weight is 534 g/mol. The van der Waals surface area contributed by atoms with Crippen molar-refractivity contribution in [3.8, 4) is 11.1 Å². The Kier molecular flexibility index (Phi) is 10.8. The summed E-state index contributed by atoms with van der Waals surface area (Å²) in [6.45, 7) is 11.3. The van der Waals surface area contributed by atoms with Gasteiger partial charge in [0.05, 0.1) is 6.61 Å². The first-order valence-corrected chi connectivity index (χ1v) is 14.2. The fraction of sp³-hybridized carbons (Fsp3) is 0.387. The minimum absolute atomic E-state index is 0.342. The number of carbonyl (C=O) groups is 2. The van der Waals surface area contributed by atoms with E-state index in [9.17, 15) is 9.59 Å². The van der Waals surface area contributed by atoms with Crippen molar-refractivity contribution >= 4 is 23.8 Å². The number of ether oxygens (including phenoxy) is 1. The molecular weight excluding hydrogens is 494 g/mol. The molecule has 0 saturated heterocycles. The number of carbonyl (C=O) groups excluding carboxylic acids is 2. The standard InChI is InChI=1S/C31H39N3O3S/c1-6-7-16-37-31(36)33-18-26-28(17-20(2)3)34-22(5)27(29(26)23-10-8-21(4)9-11-23)19-38-25-14-12-24(13-15-25)30(32)35/h8-15,20H,6-7,16-19H2,1-5H3,(H2,32,35)(H,33,36). The van der Waals surface area contributed by atoms with E-state index < -0.39 is 12.0 Å². The summed E-state index contributed by atoms with van der Waals surface area (Å²) in [6.07, 6.45) is 2.21. The summed E-state index contributed by atoms with van der Waals surface area (Å²) < 4.78 is 5.36. The van der Waals surface area contributed by atoms with Crippen LogP contribution in [0.1, 0.15) is 72.0 Å². The predicted molar refractivity (Wildman–Crippen MR) is 155 cm³/mol. The number of pyridine rings is 1. The number of benzene rings is 2. The lowest BCUT2D eigenvalue weighted by Crippen LogP contribution is -2.26. The van der Waals surface area contributed by atoms with Gasteiger partial charge in [0.25, 0.3) is 0 Å². The Balaban J connectivity index is 2.03. The number of primary amides is 1. The highest BCUT2D eigenvalue weighted by Crippen LogP contribution is 2.36. The van der Waals surface area contributed by atoms with Gasteiger partial charge in [-0.05, 0) is 73.6 Å². The molecule has 7 heteroatoms. The van der Waals surface area contributed by atoms with Crippen molar-refractivity contribution in [3.05, 3.63) is 82.2 Å². The maximum Gasteiger partial charge on any atom is 0.407 e. The van der Waals surface area contributed by atoms with Gasteiger partial charge in [-0.2, -0.15) is 0 Å². The van der Waals surface area contributed by atoms with E-state index in [0.717, 1.165) is 57.8 Å². The number of aryl methyl sites for hydroxylation is 2. The molecule has 3 N–H and O–H groups in total. The van der Waals surface area contributed by atoms with E-state index in [1.54, 1.807) is 23.9 Å². The minimum atomic E-state index is -0.436. The lowest BCUT2D eigenvalue weighted by Gasteiger charge is -2.22. The average Bonchev–Trinajstić information content (AvgIpc) is 2.88. The van der Waals surface area contributed by atoms with Gasteiger partial charge >= 0.3 is 6.09 Å². The number of unbranched alkanes of at least 4 members (excludes halogenated alkanes) is 1. The normalized spacial score (nSPS) is 11.0. The maximum absolute atomic E-state index is 12.5. The Bertz CT molecular complexity index is 1240. The molecule has 0 radical (unpaired) electrons. The summed E-state index contributed by atoms with van der Waals surface area (Å²) in [5.41, 5.74) is 13.4. The number of nitrogens with one attached hydrogen (secondary N) is 1. The Morgan fingerprint density at radius 1 is 1.03 bits per heavy atom. The van der Waals surface area contributed by atoms with Crippen molar-refractivity contribution in [1.82, 2.24) is 10.3 Å². The third-order valence-electron chi connectivity index (χ3n) is 6.30. The van der Waals surface area contributed by atoms with Crippen LogP contribution < -0.4 is 11.1 Å². The van der Waals surface area contributed by atoms with Crippen LogP contribution >= 0.6 is 11.8 Å². The fourth-order valence-corrected chi connectivity index (χ4v) is 5.22. The number of rotatable bonds is 12. The van der Waals surface area contributed by atoms with Crippen LogP contribution in [-0.4, -0.2) is 23.6 Å². The maximum atomic E-state index is 12.5. The molecule has 0 aliphatic carbocycles. The first-order chi connectivity index (χ1) is 18.2. The van der Waals surface area contributed by atoms with Crippen molar-refractivity contribution in [2.45, 2.75) is 71.1 Å². The molecule has 0 bridgehead atoms. The number of aromatic nitrogens is 1. The lowest BCUT2D eigenvalue weighted by atomic mass is 9.90. The molecule has 3 rings (SSSR count). The smallest absolute Gasteiger partial charge is 0.407 e. The molecule has 3 aromatic rings. The highest BCUT2D eigenvalue weighted by atomic mass is 32.2. The molecule has 202 valence electrons. The van der Waals surface area contributed by atoms with Gasteiger partial charge in [-0.15, -0.1) is 11.8 Å². The molecule has 38 heavy (non-hydrogen) atoms. The van der Waals surface area contributed by atoms with Crippen LogP contribution in [0.2, 0.25) is 0 Å². The number of thioether (sulfide) groups is 1. The topological polar surface area (TPSA) is 94.3 Å². The molecule has 1 aromatic heterocycles. The highest BCUT2D eigenvalue weighted by Gasteiger charge is 2.21. The molecule has 0 aliphatic heterocycles. The van der Waals surface area contributed by atoms with E-state index in [2.05, 4.69) is 64.2 Å². The summed E-state index contributed by atoms with van der Waals surface area (Å²) >= 11 is 1.68. The van der Waals surface area contributed by atoms with Crippen LogP contribution in [0.5, 0.6) is 0 Å². The summed E-state index contributed by atoms with van der Waals surface area (Å²) in [6, 6.07) is 15.8. The van der Waals surface area contributed by atoms with Crippen molar-refractivity contribution in [2.75, 3.05) is 6.61 Å². The van der Waals surface area contributed by atoms with E-state index in [-0.39, 0.29) is 0 Å². The molecule has 0 fully saturated rings. The zero-order valence-electron chi connectivity index (χ0n) is 23.1. The Labute approximate surface area is 230 Å². The van der Waals surface area contributed by atoms with Crippen LogP contribution in [0.4, 0.5) is 4.79 Å². The summed E-state index contributed by atoms with van der Waals surface area (Å²) in [5.74, 6) is 0.662. The van der Waals surface area contributed by atoms with Crippen LogP contribution in [-0.2, 0) is 23.5 Å². The zero-order valence-corrected chi connectivity index (χ0v) is 23.9. The zero-order chi connectivity index (χ0) is 27.7. The minimum Gasteiger partial charge on any atom is -0.450 e. The molecular formula is C31H39N3O3S. The third kappa shape index (κ3) is 8.09. The number of nitrogens with two attached hydrogens (primary N) is 1. The third-order valence-corrected chi connectivity index (χ3v) is 7.33. The van der Waals surface area contributed by atoms with Crippen LogP contribution in [0.15, 0.2) is 53.4 Å². The largest absolute Gasteiger partial charge is 0.450 e. The lowest BCUT2D eigenvalue weighted by molar-refractivity contribution is 0.1000.